The van der Waals surface area contributed by atoms with Gasteiger partial charge in [-0.2, -0.15) is 0 Å². The third kappa shape index (κ3) is 4.81. The second kappa shape index (κ2) is 11.4. The van der Waals surface area contributed by atoms with E-state index in [0.717, 1.165) is 49.9 Å². The monoisotopic (exact) mass is 610 g/mol. The molecule has 5 fully saturated rings. The van der Waals surface area contributed by atoms with Gasteiger partial charge in [-0.15, -0.1) is 0 Å². The first-order valence-electron chi connectivity index (χ1n) is 18.3. The molecule has 5 heteroatoms. The van der Waals surface area contributed by atoms with Gasteiger partial charge in [-0.05, 0) is 127 Å². The summed E-state index contributed by atoms with van der Waals surface area (Å²) in [7, 11) is 0. The van der Waals surface area contributed by atoms with Crippen LogP contribution in [0.3, 0.4) is 0 Å². The molecule has 9 atom stereocenters. The highest BCUT2D eigenvalue weighted by atomic mass is 16.6. The first kappa shape index (κ1) is 30.0. The van der Waals surface area contributed by atoms with Crippen molar-refractivity contribution in [2.75, 3.05) is 32.8 Å². The topological polar surface area (TPSA) is 53.0 Å². The number of ether oxygens (including phenoxy) is 1. The van der Waals surface area contributed by atoms with Crippen molar-refractivity contribution < 1.29 is 14.6 Å². The van der Waals surface area contributed by atoms with Gasteiger partial charge in [-0.1, -0.05) is 62.4 Å². The fourth-order valence-corrected chi connectivity index (χ4v) is 12.4. The predicted octanol–water partition coefficient (Wildman–Crippen LogP) is 7.96. The number of aliphatic hydroxyl groups is 1. The number of piperazine rings is 1. The largest absolute Gasteiger partial charge is 0.448 e. The van der Waals surface area contributed by atoms with Crippen LogP contribution in [0.15, 0.2) is 48.5 Å². The Bertz CT molecular complexity index is 1370. The number of carbonyl (C=O) groups is 1. The Morgan fingerprint density at radius 2 is 1.49 bits per heavy atom. The van der Waals surface area contributed by atoms with Crippen LogP contribution in [0.1, 0.15) is 95.6 Å². The van der Waals surface area contributed by atoms with E-state index in [-0.39, 0.29) is 18.1 Å². The maximum atomic E-state index is 13.3. The summed E-state index contributed by atoms with van der Waals surface area (Å²) in [5, 5.41) is 10.6. The van der Waals surface area contributed by atoms with E-state index in [1.807, 2.05) is 11.8 Å². The Hall–Kier alpha value is -2.37. The molecule has 45 heavy (non-hydrogen) atoms. The molecule has 2 aromatic rings. The van der Waals surface area contributed by atoms with Crippen LogP contribution in [-0.4, -0.2) is 65.9 Å². The Morgan fingerprint density at radius 3 is 2.18 bits per heavy atom. The van der Waals surface area contributed by atoms with Crippen molar-refractivity contribution in [3.8, 4) is 11.1 Å². The lowest BCUT2D eigenvalue weighted by molar-refractivity contribution is -0.131. The molecular formula is C40H54N2O3. The highest BCUT2D eigenvalue weighted by Gasteiger charge is 2.61. The molecule has 0 bridgehead atoms. The number of fused-ring (bicyclic) bond motifs is 8. The highest BCUT2D eigenvalue weighted by Crippen LogP contribution is 2.68. The first-order chi connectivity index (χ1) is 21.8. The minimum atomic E-state index is -0.172. The van der Waals surface area contributed by atoms with Gasteiger partial charge in [0.2, 0.25) is 0 Å². The molecule has 6 aliphatic rings. The number of nitrogens with zero attached hydrogens (tertiary/aromatic N) is 2. The highest BCUT2D eigenvalue weighted by molar-refractivity contribution is 5.79. The normalized spacial score (nSPS) is 38.4. The van der Waals surface area contributed by atoms with Gasteiger partial charge in [0.1, 0.15) is 6.61 Å². The molecule has 1 amide bonds. The van der Waals surface area contributed by atoms with E-state index in [9.17, 15) is 9.90 Å². The number of benzene rings is 2. The standard InChI is InChI=1S/C40H54N2O3/c1-26(43)35-16-17-36-33-15-13-27-12-14-28(24-40(27,3)37(33)18-19-39(35,36)2)41-20-22-42(23-21-41)38(44)45-25-34-31-10-6-4-8-29(31)30-9-5-7-11-32(30)34/h4-11,26-28,33-37,43H,12-25H2,1-3H3/t26?,27?,28-,33?,35-,36?,37?,39-,40+/m1/s1. The van der Waals surface area contributed by atoms with Crippen molar-refractivity contribution in [2.45, 2.75) is 96.6 Å². The van der Waals surface area contributed by atoms with Crippen LogP contribution in [-0.2, 0) is 4.74 Å². The van der Waals surface area contributed by atoms with E-state index in [4.69, 9.17) is 4.74 Å². The van der Waals surface area contributed by atoms with Crippen molar-refractivity contribution in [2.24, 2.45) is 40.4 Å². The number of rotatable bonds is 4. The minimum Gasteiger partial charge on any atom is -0.448 e. The molecule has 242 valence electrons. The average Bonchev–Trinajstić information content (AvgIpc) is 3.58. The lowest BCUT2D eigenvalue weighted by Crippen LogP contribution is -2.58. The van der Waals surface area contributed by atoms with E-state index >= 15 is 0 Å². The van der Waals surface area contributed by atoms with Crippen molar-refractivity contribution in [3.63, 3.8) is 0 Å². The fourth-order valence-electron chi connectivity index (χ4n) is 12.4. The summed E-state index contributed by atoms with van der Waals surface area (Å²) in [6.07, 6.45) is 11.7. The lowest BCUT2D eigenvalue weighted by atomic mass is 9.44. The molecule has 1 N–H and O–H groups in total. The third-order valence-corrected chi connectivity index (χ3v) is 14.7. The summed E-state index contributed by atoms with van der Waals surface area (Å²) in [6.45, 7) is 11.1. The van der Waals surface area contributed by atoms with Gasteiger partial charge in [0.25, 0.3) is 0 Å². The third-order valence-electron chi connectivity index (χ3n) is 14.7. The number of hydrogen-bond acceptors (Lipinski definition) is 4. The molecule has 8 rings (SSSR count). The van der Waals surface area contributed by atoms with Crippen molar-refractivity contribution in [3.05, 3.63) is 59.7 Å². The zero-order valence-electron chi connectivity index (χ0n) is 27.8. The number of hydrogen-bond donors (Lipinski definition) is 1. The molecule has 5 nitrogen and oxygen atoms in total. The molecule has 0 radical (unpaired) electrons. The number of amides is 1. The van der Waals surface area contributed by atoms with Gasteiger partial charge in [0, 0.05) is 38.1 Å². The molecule has 0 spiro atoms. The molecule has 4 saturated carbocycles. The average molecular weight is 611 g/mol. The van der Waals surface area contributed by atoms with E-state index < -0.39 is 0 Å². The Labute approximate surface area is 270 Å². The van der Waals surface area contributed by atoms with E-state index in [2.05, 4.69) is 67.3 Å². The molecular weight excluding hydrogens is 556 g/mol. The number of aliphatic hydroxyl groups excluding tert-OH is 1. The van der Waals surface area contributed by atoms with Crippen LogP contribution >= 0.6 is 0 Å². The molecule has 1 heterocycles. The fraction of sp³-hybridized carbons (Fsp3) is 0.675. The van der Waals surface area contributed by atoms with Crippen molar-refractivity contribution in [1.82, 2.24) is 9.80 Å². The summed E-state index contributed by atoms with van der Waals surface area (Å²) in [4.78, 5) is 18.0. The van der Waals surface area contributed by atoms with Crippen LogP contribution in [0.5, 0.6) is 0 Å². The van der Waals surface area contributed by atoms with Gasteiger partial charge in [0.05, 0.1) is 6.10 Å². The zero-order valence-corrected chi connectivity index (χ0v) is 27.8. The molecule has 5 unspecified atom stereocenters. The second-order valence-corrected chi connectivity index (χ2v) is 16.4. The van der Waals surface area contributed by atoms with Crippen LogP contribution in [0.25, 0.3) is 11.1 Å². The van der Waals surface area contributed by atoms with Crippen molar-refractivity contribution in [1.29, 1.82) is 0 Å². The van der Waals surface area contributed by atoms with E-state index in [1.54, 1.807) is 0 Å². The summed E-state index contributed by atoms with van der Waals surface area (Å²) in [5.74, 6) is 3.95. The molecule has 0 aromatic heterocycles. The van der Waals surface area contributed by atoms with Gasteiger partial charge in [-0.25, -0.2) is 4.79 Å². The van der Waals surface area contributed by atoms with Gasteiger partial charge < -0.3 is 14.7 Å². The Kier molecular flexibility index (Phi) is 7.60. The zero-order chi connectivity index (χ0) is 30.9. The SMILES string of the molecule is CC(O)[C@H]1CCC2C3CCC4CC[C@@H](N5CCN(C(=O)OCC6c7ccccc7-c7ccccc76)CC5)C[C@]4(C)C3CC[C@@]21C. The second-order valence-electron chi connectivity index (χ2n) is 16.4. The van der Waals surface area contributed by atoms with Crippen LogP contribution < -0.4 is 0 Å². The molecule has 1 aliphatic heterocycles. The molecule has 5 aliphatic carbocycles. The van der Waals surface area contributed by atoms with Crippen LogP contribution in [0.2, 0.25) is 0 Å². The summed E-state index contributed by atoms with van der Waals surface area (Å²) in [6, 6.07) is 17.7. The molecule has 1 saturated heterocycles. The van der Waals surface area contributed by atoms with E-state index in [1.165, 1.54) is 80.0 Å². The van der Waals surface area contributed by atoms with Gasteiger partial charge >= 0.3 is 6.09 Å². The summed E-state index contributed by atoms with van der Waals surface area (Å²) < 4.78 is 6.02. The summed E-state index contributed by atoms with van der Waals surface area (Å²) in [5.41, 5.74) is 5.84. The molecule has 2 aromatic carbocycles. The predicted molar refractivity (Wildman–Crippen MR) is 179 cm³/mol. The minimum absolute atomic E-state index is 0.109. The first-order valence-corrected chi connectivity index (χ1v) is 18.3. The quantitative estimate of drug-likeness (QED) is 0.382. The Morgan fingerprint density at radius 1 is 0.844 bits per heavy atom. The van der Waals surface area contributed by atoms with Gasteiger partial charge in [0.15, 0.2) is 0 Å². The van der Waals surface area contributed by atoms with Crippen LogP contribution in [0, 0.1) is 40.4 Å². The Balaban J connectivity index is 0.885. The lowest BCUT2D eigenvalue weighted by Gasteiger charge is -2.62. The van der Waals surface area contributed by atoms with E-state index in [0.29, 0.717) is 29.4 Å². The van der Waals surface area contributed by atoms with Crippen LogP contribution in [0.4, 0.5) is 4.79 Å². The van der Waals surface area contributed by atoms with Gasteiger partial charge in [-0.3, -0.25) is 4.90 Å². The smallest absolute Gasteiger partial charge is 0.409 e. The maximum Gasteiger partial charge on any atom is 0.409 e. The summed E-state index contributed by atoms with van der Waals surface area (Å²) >= 11 is 0. The number of carbonyl (C=O) groups excluding carboxylic acids is 1. The van der Waals surface area contributed by atoms with Crippen molar-refractivity contribution >= 4 is 6.09 Å². The maximum absolute atomic E-state index is 13.3.